The largest absolute Gasteiger partial charge is 0.310 e. The summed E-state index contributed by atoms with van der Waals surface area (Å²) in [6, 6.07) is 53.8. The van der Waals surface area contributed by atoms with Crippen LogP contribution in [-0.4, -0.2) is 4.57 Å². The molecule has 186 valence electrons. The third-order valence-corrected chi connectivity index (χ3v) is 7.72. The van der Waals surface area contributed by atoms with Crippen LogP contribution in [0.3, 0.4) is 0 Å². The first-order chi connectivity index (χ1) is 19.3. The van der Waals surface area contributed by atoms with Crippen molar-refractivity contribution in [1.82, 2.24) is 4.57 Å². The Bertz CT molecular complexity index is 1850. The first-order valence-corrected chi connectivity index (χ1v) is 13.9. The van der Waals surface area contributed by atoms with Crippen LogP contribution in [0.4, 0.5) is 17.1 Å². The van der Waals surface area contributed by atoms with Crippen LogP contribution < -0.4 is 4.90 Å². The van der Waals surface area contributed by atoms with Crippen LogP contribution in [0, 0.1) is 0 Å². The van der Waals surface area contributed by atoms with Gasteiger partial charge in [-0.15, -0.1) is 0 Å². The zero-order valence-corrected chi connectivity index (χ0v) is 22.8. The molecule has 39 heavy (non-hydrogen) atoms. The van der Waals surface area contributed by atoms with Gasteiger partial charge in [0.15, 0.2) is 0 Å². The van der Waals surface area contributed by atoms with Crippen molar-refractivity contribution in [3.8, 4) is 16.8 Å². The maximum Gasteiger partial charge on any atom is 0.0542 e. The first kappa shape index (κ1) is 23.5. The molecular formula is C36H25BrN2. The topological polar surface area (TPSA) is 8.17 Å². The van der Waals surface area contributed by atoms with E-state index < -0.39 is 0 Å². The predicted molar refractivity (Wildman–Crippen MR) is 169 cm³/mol. The van der Waals surface area contributed by atoms with E-state index in [4.69, 9.17) is 0 Å². The standard InChI is InChI=1S/C36H25BrN2/c37-28-18-22-35-33(24-28)34-25-32(38(29-12-6-2-7-13-29)30-14-8-3-9-15-30)21-23-36(34)39(35)31-19-16-27(17-20-31)26-10-4-1-5-11-26/h1-25H. The summed E-state index contributed by atoms with van der Waals surface area (Å²) in [4.78, 5) is 2.31. The quantitative estimate of drug-likeness (QED) is 0.202. The van der Waals surface area contributed by atoms with Crippen molar-refractivity contribution in [2.24, 2.45) is 0 Å². The van der Waals surface area contributed by atoms with Crippen LogP contribution in [0.5, 0.6) is 0 Å². The monoisotopic (exact) mass is 564 g/mol. The van der Waals surface area contributed by atoms with E-state index in [0.717, 1.165) is 27.2 Å². The second-order valence-corrected chi connectivity index (χ2v) is 10.5. The van der Waals surface area contributed by atoms with Crippen LogP contribution in [0.25, 0.3) is 38.6 Å². The fourth-order valence-electron chi connectivity index (χ4n) is 5.44. The molecule has 0 atom stereocenters. The molecule has 1 heterocycles. The molecule has 7 rings (SSSR count). The summed E-state index contributed by atoms with van der Waals surface area (Å²) >= 11 is 3.72. The van der Waals surface area contributed by atoms with E-state index in [2.05, 4.69) is 177 Å². The fourth-order valence-corrected chi connectivity index (χ4v) is 5.80. The molecule has 0 aliphatic rings. The van der Waals surface area contributed by atoms with Gasteiger partial charge in [0, 0.05) is 38.0 Å². The summed E-state index contributed by atoms with van der Waals surface area (Å²) < 4.78 is 3.44. The van der Waals surface area contributed by atoms with Crippen molar-refractivity contribution in [2.45, 2.75) is 0 Å². The van der Waals surface area contributed by atoms with Gasteiger partial charge in [-0.2, -0.15) is 0 Å². The van der Waals surface area contributed by atoms with Crippen LogP contribution in [-0.2, 0) is 0 Å². The number of fused-ring (bicyclic) bond motifs is 3. The molecule has 0 spiro atoms. The molecule has 0 radical (unpaired) electrons. The van der Waals surface area contributed by atoms with Gasteiger partial charge in [0.05, 0.1) is 11.0 Å². The van der Waals surface area contributed by atoms with E-state index in [1.807, 2.05) is 0 Å². The Morgan fingerprint density at radius 2 is 0.949 bits per heavy atom. The van der Waals surface area contributed by atoms with E-state index in [1.54, 1.807) is 0 Å². The number of anilines is 3. The van der Waals surface area contributed by atoms with Gasteiger partial charge in [-0.25, -0.2) is 0 Å². The maximum absolute atomic E-state index is 3.72. The molecule has 0 aliphatic carbocycles. The van der Waals surface area contributed by atoms with E-state index in [9.17, 15) is 0 Å². The zero-order valence-electron chi connectivity index (χ0n) is 21.2. The lowest BCUT2D eigenvalue weighted by atomic mass is 10.1. The average Bonchev–Trinajstić information content (AvgIpc) is 3.32. The molecule has 0 unspecified atom stereocenters. The molecule has 2 nitrogen and oxygen atoms in total. The molecule has 0 amide bonds. The van der Waals surface area contributed by atoms with Gasteiger partial charge in [0.1, 0.15) is 0 Å². The maximum atomic E-state index is 3.72. The van der Waals surface area contributed by atoms with E-state index >= 15 is 0 Å². The third kappa shape index (κ3) is 4.31. The minimum Gasteiger partial charge on any atom is -0.310 e. The molecule has 3 heteroatoms. The van der Waals surface area contributed by atoms with Gasteiger partial charge in [0.25, 0.3) is 0 Å². The van der Waals surface area contributed by atoms with E-state index in [-0.39, 0.29) is 0 Å². The summed E-state index contributed by atoms with van der Waals surface area (Å²) in [6.45, 7) is 0. The summed E-state index contributed by atoms with van der Waals surface area (Å²) in [7, 11) is 0. The number of para-hydroxylation sites is 2. The summed E-state index contributed by atoms with van der Waals surface area (Å²) in [6.07, 6.45) is 0. The SMILES string of the molecule is Brc1ccc2c(c1)c1cc(N(c3ccccc3)c3ccccc3)ccc1n2-c1ccc(-c2ccccc2)cc1. The van der Waals surface area contributed by atoms with Gasteiger partial charge in [-0.05, 0) is 83.9 Å². The number of rotatable bonds is 5. The zero-order chi connectivity index (χ0) is 26.2. The second kappa shape index (κ2) is 9.94. The van der Waals surface area contributed by atoms with Gasteiger partial charge in [0.2, 0.25) is 0 Å². The Hall–Kier alpha value is -4.60. The average molecular weight is 566 g/mol. The minimum atomic E-state index is 1.07. The summed E-state index contributed by atoms with van der Waals surface area (Å²) in [5.41, 5.74) is 9.33. The molecule has 0 aliphatic heterocycles. The molecular weight excluding hydrogens is 540 g/mol. The highest BCUT2D eigenvalue weighted by Crippen LogP contribution is 2.40. The Balaban J connectivity index is 1.42. The highest BCUT2D eigenvalue weighted by molar-refractivity contribution is 9.10. The number of aromatic nitrogens is 1. The molecule has 7 aromatic rings. The van der Waals surface area contributed by atoms with Crippen LogP contribution in [0.1, 0.15) is 0 Å². The highest BCUT2D eigenvalue weighted by atomic mass is 79.9. The van der Waals surface area contributed by atoms with Gasteiger partial charge >= 0.3 is 0 Å². The molecule has 1 aromatic heterocycles. The van der Waals surface area contributed by atoms with Crippen molar-refractivity contribution in [1.29, 1.82) is 0 Å². The van der Waals surface area contributed by atoms with E-state index in [1.165, 1.54) is 32.9 Å². The van der Waals surface area contributed by atoms with Gasteiger partial charge < -0.3 is 9.47 Å². The van der Waals surface area contributed by atoms with Crippen molar-refractivity contribution in [2.75, 3.05) is 4.90 Å². The summed E-state index contributed by atoms with van der Waals surface area (Å²) in [5, 5.41) is 2.43. The fraction of sp³-hybridized carbons (Fsp3) is 0. The molecule has 0 bridgehead atoms. The normalized spacial score (nSPS) is 11.2. The number of hydrogen-bond acceptors (Lipinski definition) is 1. The smallest absolute Gasteiger partial charge is 0.0542 e. The van der Waals surface area contributed by atoms with Crippen molar-refractivity contribution < 1.29 is 0 Å². The van der Waals surface area contributed by atoms with Crippen LogP contribution in [0.15, 0.2) is 156 Å². The Kier molecular flexibility index (Phi) is 5.99. The van der Waals surface area contributed by atoms with Crippen molar-refractivity contribution in [3.63, 3.8) is 0 Å². The highest BCUT2D eigenvalue weighted by Gasteiger charge is 2.17. The number of halogens is 1. The minimum absolute atomic E-state index is 1.07. The first-order valence-electron chi connectivity index (χ1n) is 13.1. The third-order valence-electron chi connectivity index (χ3n) is 7.23. The number of hydrogen-bond donors (Lipinski definition) is 0. The molecule has 6 aromatic carbocycles. The molecule has 0 fully saturated rings. The molecule has 0 saturated carbocycles. The second-order valence-electron chi connectivity index (χ2n) is 9.62. The molecule has 0 N–H and O–H groups in total. The van der Waals surface area contributed by atoms with Gasteiger partial charge in [-0.1, -0.05) is 94.8 Å². The van der Waals surface area contributed by atoms with Crippen LogP contribution >= 0.6 is 15.9 Å². The van der Waals surface area contributed by atoms with Crippen LogP contribution in [0.2, 0.25) is 0 Å². The predicted octanol–water partition coefficient (Wildman–Crippen LogP) is 10.7. The number of nitrogens with zero attached hydrogens (tertiary/aromatic N) is 2. The lowest BCUT2D eigenvalue weighted by Gasteiger charge is -2.25. The Morgan fingerprint density at radius 1 is 0.436 bits per heavy atom. The van der Waals surface area contributed by atoms with Crippen molar-refractivity contribution in [3.05, 3.63) is 156 Å². The lowest BCUT2D eigenvalue weighted by molar-refractivity contribution is 1.18. The summed E-state index contributed by atoms with van der Waals surface area (Å²) in [5.74, 6) is 0. The molecule has 0 saturated heterocycles. The lowest BCUT2D eigenvalue weighted by Crippen LogP contribution is -2.09. The number of benzene rings is 6. The van der Waals surface area contributed by atoms with E-state index in [0.29, 0.717) is 0 Å². The Labute approximate surface area is 236 Å². The Morgan fingerprint density at radius 3 is 1.56 bits per heavy atom. The van der Waals surface area contributed by atoms with Crippen molar-refractivity contribution >= 4 is 54.8 Å². The van der Waals surface area contributed by atoms with Gasteiger partial charge in [-0.3, -0.25) is 0 Å².